The number of nitrogens with two attached hydrogens (primary N) is 1. The van der Waals surface area contributed by atoms with Crippen molar-refractivity contribution in [2.24, 2.45) is 0 Å². The van der Waals surface area contributed by atoms with Crippen LogP contribution >= 0.6 is 11.3 Å². The van der Waals surface area contributed by atoms with E-state index in [0.29, 0.717) is 11.6 Å². The van der Waals surface area contributed by atoms with E-state index in [4.69, 9.17) is 5.73 Å². The van der Waals surface area contributed by atoms with Gasteiger partial charge in [-0.25, -0.2) is 9.97 Å². The van der Waals surface area contributed by atoms with Crippen LogP contribution in [0.1, 0.15) is 11.4 Å². The molecule has 0 aromatic carbocycles. The number of hydrogen-bond donors (Lipinski definition) is 2. The summed E-state index contributed by atoms with van der Waals surface area (Å²) in [6, 6.07) is 2.00. The molecule has 0 amide bonds. The van der Waals surface area contributed by atoms with Crippen LogP contribution in [0.3, 0.4) is 0 Å². The summed E-state index contributed by atoms with van der Waals surface area (Å²) < 4.78 is 0. The molecule has 15 heavy (non-hydrogen) atoms. The maximum Gasteiger partial charge on any atom is 0.139 e. The maximum atomic E-state index is 5.76. The van der Waals surface area contributed by atoms with Crippen LogP contribution in [0.5, 0.6) is 0 Å². The van der Waals surface area contributed by atoms with Crippen molar-refractivity contribution >= 4 is 28.7 Å². The molecule has 2 heterocycles. The van der Waals surface area contributed by atoms with E-state index < -0.39 is 0 Å². The number of rotatable bonds is 2. The number of thiophene rings is 1. The number of nitrogen functional groups attached to an aromatic ring is 1. The summed E-state index contributed by atoms with van der Waals surface area (Å²) in [5, 5.41) is 7.24. The third-order valence-electron chi connectivity index (χ3n) is 2.08. The van der Waals surface area contributed by atoms with Crippen LogP contribution in [0.4, 0.5) is 17.3 Å². The second-order valence-electron chi connectivity index (χ2n) is 3.27. The first-order valence-corrected chi connectivity index (χ1v) is 5.51. The fraction of sp³-hybridized carbons (Fsp3) is 0.200. The molecule has 0 aliphatic rings. The lowest BCUT2D eigenvalue weighted by molar-refractivity contribution is 1.05. The van der Waals surface area contributed by atoms with Gasteiger partial charge in [-0.3, -0.25) is 0 Å². The Bertz CT molecular complexity index is 465. The quantitative estimate of drug-likeness (QED) is 0.816. The number of hydrogen-bond acceptors (Lipinski definition) is 5. The normalized spacial score (nSPS) is 10.3. The molecule has 0 aliphatic heterocycles. The Labute approximate surface area is 92.2 Å². The Hall–Kier alpha value is -1.62. The highest BCUT2D eigenvalue weighted by molar-refractivity contribution is 7.08. The zero-order valence-corrected chi connectivity index (χ0v) is 9.43. The lowest BCUT2D eigenvalue weighted by atomic mass is 10.3. The van der Waals surface area contributed by atoms with Gasteiger partial charge in [-0.05, 0) is 25.3 Å². The first-order valence-electron chi connectivity index (χ1n) is 4.57. The molecule has 5 heteroatoms. The molecule has 0 aliphatic carbocycles. The van der Waals surface area contributed by atoms with Crippen LogP contribution in [0.25, 0.3) is 0 Å². The fourth-order valence-corrected chi connectivity index (χ4v) is 1.83. The highest BCUT2D eigenvalue weighted by Crippen LogP contribution is 2.22. The minimum Gasteiger partial charge on any atom is -0.383 e. The van der Waals surface area contributed by atoms with E-state index >= 15 is 0 Å². The monoisotopic (exact) mass is 220 g/mol. The van der Waals surface area contributed by atoms with Crippen molar-refractivity contribution in [3.05, 3.63) is 28.2 Å². The van der Waals surface area contributed by atoms with E-state index in [2.05, 4.69) is 15.3 Å². The Morgan fingerprint density at radius 2 is 2.13 bits per heavy atom. The minimum atomic E-state index is 0.528. The maximum absolute atomic E-state index is 5.76. The van der Waals surface area contributed by atoms with Gasteiger partial charge in [0.1, 0.15) is 17.5 Å². The van der Waals surface area contributed by atoms with E-state index in [1.165, 1.54) is 0 Å². The molecule has 2 aromatic heterocycles. The number of aryl methyl sites for hydroxylation is 1. The highest BCUT2D eigenvalue weighted by atomic mass is 32.1. The van der Waals surface area contributed by atoms with Crippen LogP contribution in [0, 0.1) is 13.8 Å². The van der Waals surface area contributed by atoms with Crippen LogP contribution in [0.2, 0.25) is 0 Å². The number of nitrogens with zero attached hydrogens (tertiary/aromatic N) is 2. The Balaban J connectivity index is 2.36. The Morgan fingerprint density at radius 1 is 1.33 bits per heavy atom. The highest BCUT2D eigenvalue weighted by Gasteiger charge is 2.06. The van der Waals surface area contributed by atoms with E-state index in [0.717, 1.165) is 17.1 Å². The molecule has 2 rings (SSSR count). The van der Waals surface area contributed by atoms with Crippen LogP contribution < -0.4 is 11.1 Å². The standard InChI is InChI=1S/C10H12N4S/c1-6-9(11)12-7(2)13-10(6)14-8-3-4-15-5-8/h3-5H,1-2H3,(H3,11,12,13,14). The zero-order valence-electron chi connectivity index (χ0n) is 8.61. The van der Waals surface area contributed by atoms with Gasteiger partial charge < -0.3 is 11.1 Å². The molecule has 0 radical (unpaired) electrons. The largest absolute Gasteiger partial charge is 0.383 e. The molecule has 0 saturated carbocycles. The predicted molar refractivity (Wildman–Crippen MR) is 63.5 cm³/mol. The van der Waals surface area contributed by atoms with Gasteiger partial charge in [0.2, 0.25) is 0 Å². The van der Waals surface area contributed by atoms with Gasteiger partial charge >= 0.3 is 0 Å². The fourth-order valence-electron chi connectivity index (χ4n) is 1.24. The van der Waals surface area contributed by atoms with Crippen molar-refractivity contribution in [2.75, 3.05) is 11.1 Å². The van der Waals surface area contributed by atoms with Gasteiger partial charge in [-0.1, -0.05) is 0 Å². The lowest BCUT2D eigenvalue weighted by Crippen LogP contribution is -2.04. The number of nitrogens with one attached hydrogen (secondary N) is 1. The van der Waals surface area contributed by atoms with Crippen LogP contribution in [-0.4, -0.2) is 9.97 Å². The summed E-state index contributed by atoms with van der Waals surface area (Å²) in [4.78, 5) is 8.40. The van der Waals surface area contributed by atoms with Crippen molar-refractivity contribution in [2.45, 2.75) is 13.8 Å². The average molecular weight is 220 g/mol. The molecule has 78 valence electrons. The van der Waals surface area contributed by atoms with Crippen molar-refractivity contribution in [1.82, 2.24) is 9.97 Å². The van der Waals surface area contributed by atoms with Crippen molar-refractivity contribution in [1.29, 1.82) is 0 Å². The molecule has 0 unspecified atom stereocenters. The summed E-state index contributed by atoms with van der Waals surface area (Å²) in [5.74, 6) is 1.98. The third kappa shape index (κ3) is 2.07. The Kier molecular flexibility index (Phi) is 2.55. The van der Waals surface area contributed by atoms with Gasteiger partial charge in [0.25, 0.3) is 0 Å². The minimum absolute atomic E-state index is 0.528. The topological polar surface area (TPSA) is 63.8 Å². The molecule has 4 nitrogen and oxygen atoms in total. The number of aromatic nitrogens is 2. The van der Waals surface area contributed by atoms with E-state index in [-0.39, 0.29) is 0 Å². The molecular formula is C10H12N4S. The summed E-state index contributed by atoms with van der Waals surface area (Å²) in [6.07, 6.45) is 0. The SMILES string of the molecule is Cc1nc(N)c(C)c(Nc2ccsc2)n1. The molecule has 0 bridgehead atoms. The molecule has 0 atom stereocenters. The van der Waals surface area contributed by atoms with Crippen LogP contribution in [-0.2, 0) is 0 Å². The van der Waals surface area contributed by atoms with Gasteiger partial charge in [0, 0.05) is 10.9 Å². The second kappa shape index (κ2) is 3.86. The summed E-state index contributed by atoms with van der Waals surface area (Å²) in [6.45, 7) is 3.73. The van der Waals surface area contributed by atoms with Crippen molar-refractivity contribution < 1.29 is 0 Å². The van der Waals surface area contributed by atoms with Gasteiger partial charge in [0.05, 0.1) is 5.69 Å². The van der Waals surface area contributed by atoms with E-state index in [9.17, 15) is 0 Å². The van der Waals surface area contributed by atoms with Crippen molar-refractivity contribution in [3.8, 4) is 0 Å². The molecule has 3 N–H and O–H groups in total. The Morgan fingerprint density at radius 3 is 2.80 bits per heavy atom. The van der Waals surface area contributed by atoms with Gasteiger partial charge in [0.15, 0.2) is 0 Å². The van der Waals surface area contributed by atoms with Crippen molar-refractivity contribution in [3.63, 3.8) is 0 Å². The molecular weight excluding hydrogens is 208 g/mol. The summed E-state index contributed by atoms with van der Waals surface area (Å²) in [5.41, 5.74) is 7.67. The molecule has 0 fully saturated rings. The average Bonchev–Trinajstić information content (AvgIpc) is 2.66. The lowest BCUT2D eigenvalue weighted by Gasteiger charge is -2.09. The first-order chi connectivity index (χ1) is 7.16. The first kappa shape index (κ1) is 9.92. The summed E-state index contributed by atoms with van der Waals surface area (Å²) in [7, 11) is 0. The number of anilines is 3. The van der Waals surface area contributed by atoms with Crippen LogP contribution in [0.15, 0.2) is 16.8 Å². The van der Waals surface area contributed by atoms with Gasteiger partial charge in [-0.2, -0.15) is 11.3 Å². The summed E-state index contributed by atoms with van der Waals surface area (Å²) >= 11 is 1.64. The predicted octanol–water partition coefficient (Wildman–Crippen LogP) is 2.48. The van der Waals surface area contributed by atoms with Gasteiger partial charge in [-0.15, -0.1) is 0 Å². The second-order valence-corrected chi connectivity index (χ2v) is 4.05. The van der Waals surface area contributed by atoms with E-state index in [1.54, 1.807) is 11.3 Å². The zero-order chi connectivity index (χ0) is 10.8. The smallest absolute Gasteiger partial charge is 0.139 e. The molecule has 0 saturated heterocycles. The third-order valence-corrected chi connectivity index (χ3v) is 2.76. The molecule has 0 spiro atoms. The molecule has 2 aromatic rings. The van der Waals surface area contributed by atoms with E-state index in [1.807, 2.05) is 30.7 Å².